The van der Waals surface area contributed by atoms with E-state index >= 15 is 0 Å². The van der Waals surface area contributed by atoms with Gasteiger partial charge in [0.25, 0.3) is 0 Å². The third-order valence-electron chi connectivity index (χ3n) is 4.51. The number of fused-ring (bicyclic) bond motifs is 1. The minimum Gasteiger partial charge on any atom is -0.465 e. The van der Waals surface area contributed by atoms with Gasteiger partial charge in [0.2, 0.25) is 10.0 Å². The molecule has 0 spiro atoms. The molecule has 8 heteroatoms. The Labute approximate surface area is 142 Å². The summed E-state index contributed by atoms with van der Waals surface area (Å²) in [4.78, 5) is 12.0. The van der Waals surface area contributed by atoms with Gasteiger partial charge in [-0.3, -0.25) is 0 Å². The highest BCUT2D eigenvalue weighted by atomic mass is 35.5. The number of nitrogens with one attached hydrogen (secondary N) is 1. The normalized spacial score (nSPS) is 24.1. The fourth-order valence-corrected chi connectivity index (χ4v) is 5.00. The van der Waals surface area contributed by atoms with Gasteiger partial charge in [-0.2, -0.15) is 4.31 Å². The number of hydrogen-bond acceptors (Lipinski definition) is 5. The molecule has 0 radical (unpaired) electrons. The number of aryl methyl sites for hydroxylation is 1. The van der Waals surface area contributed by atoms with Gasteiger partial charge >= 0.3 is 5.97 Å². The summed E-state index contributed by atoms with van der Waals surface area (Å²) < 4.78 is 32.1. The molecule has 128 valence electrons. The van der Waals surface area contributed by atoms with Crippen molar-refractivity contribution in [2.45, 2.75) is 11.8 Å². The number of methoxy groups -OCH3 is 1. The molecule has 0 bridgehead atoms. The Kier molecular flexibility index (Phi) is 5.35. The summed E-state index contributed by atoms with van der Waals surface area (Å²) in [6, 6.07) is 4.78. The zero-order valence-corrected chi connectivity index (χ0v) is 14.7. The number of sulfonamides is 1. The maximum Gasteiger partial charge on any atom is 0.339 e. The zero-order valence-electron chi connectivity index (χ0n) is 13.1. The molecule has 1 N–H and O–H groups in total. The average molecular weight is 361 g/mol. The molecule has 2 heterocycles. The molecular formula is C15H21ClN2O4S. The number of esters is 1. The first-order valence-electron chi connectivity index (χ1n) is 7.33. The molecule has 1 aromatic rings. The topological polar surface area (TPSA) is 75.7 Å². The molecule has 23 heavy (non-hydrogen) atoms. The maximum absolute atomic E-state index is 12.9. The van der Waals surface area contributed by atoms with E-state index in [9.17, 15) is 13.2 Å². The van der Waals surface area contributed by atoms with E-state index in [0.29, 0.717) is 24.9 Å². The monoisotopic (exact) mass is 360 g/mol. The van der Waals surface area contributed by atoms with Crippen molar-refractivity contribution in [2.75, 3.05) is 33.3 Å². The van der Waals surface area contributed by atoms with Gasteiger partial charge in [-0.25, -0.2) is 13.2 Å². The van der Waals surface area contributed by atoms with Gasteiger partial charge < -0.3 is 10.1 Å². The summed E-state index contributed by atoms with van der Waals surface area (Å²) in [6.07, 6.45) is 0. The highest BCUT2D eigenvalue weighted by molar-refractivity contribution is 7.89. The molecule has 0 unspecified atom stereocenters. The van der Waals surface area contributed by atoms with Crippen LogP contribution < -0.4 is 5.32 Å². The number of hydrogen-bond donors (Lipinski definition) is 1. The second-order valence-corrected chi connectivity index (χ2v) is 7.90. The third kappa shape index (κ3) is 3.24. The molecule has 2 aliphatic heterocycles. The summed E-state index contributed by atoms with van der Waals surface area (Å²) in [7, 11) is -2.42. The van der Waals surface area contributed by atoms with E-state index in [2.05, 4.69) is 5.32 Å². The largest absolute Gasteiger partial charge is 0.465 e. The highest BCUT2D eigenvalue weighted by Gasteiger charge is 2.42. The Morgan fingerprint density at radius 2 is 1.87 bits per heavy atom. The van der Waals surface area contributed by atoms with Gasteiger partial charge in [-0.15, -0.1) is 12.4 Å². The Morgan fingerprint density at radius 3 is 2.43 bits per heavy atom. The smallest absolute Gasteiger partial charge is 0.339 e. The van der Waals surface area contributed by atoms with Crippen LogP contribution in [0, 0.1) is 18.8 Å². The number of halogens is 1. The predicted octanol–water partition coefficient (Wildman–Crippen LogP) is 1.04. The van der Waals surface area contributed by atoms with Crippen molar-refractivity contribution >= 4 is 28.4 Å². The zero-order chi connectivity index (χ0) is 15.9. The second kappa shape index (κ2) is 6.76. The molecule has 3 rings (SSSR count). The van der Waals surface area contributed by atoms with Gasteiger partial charge in [0.05, 0.1) is 17.6 Å². The van der Waals surface area contributed by atoms with Crippen molar-refractivity contribution in [2.24, 2.45) is 11.8 Å². The molecule has 2 fully saturated rings. The third-order valence-corrected chi connectivity index (χ3v) is 6.40. The van der Waals surface area contributed by atoms with E-state index in [-0.39, 0.29) is 22.9 Å². The van der Waals surface area contributed by atoms with Crippen LogP contribution in [-0.2, 0) is 14.8 Å². The van der Waals surface area contributed by atoms with Gasteiger partial charge in [-0.1, -0.05) is 11.6 Å². The molecule has 1 aromatic carbocycles. The number of ether oxygens (including phenoxy) is 1. The first kappa shape index (κ1) is 18.2. The Morgan fingerprint density at radius 1 is 1.26 bits per heavy atom. The maximum atomic E-state index is 12.9. The standard InChI is InChI=1S/C15H20N2O4S.ClH/c1-10-3-4-14(13(5-10)15(18)21-2)22(19,20)17-8-11-6-16-7-12(11)9-17;/h3-5,11-12,16H,6-9H2,1-2H3;1H/t11-,12+;. The molecule has 0 saturated carbocycles. The van der Waals surface area contributed by atoms with Crippen LogP contribution in [-0.4, -0.2) is 52.0 Å². The van der Waals surface area contributed by atoms with E-state index < -0.39 is 16.0 Å². The van der Waals surface area contributed by atoms with Crippen molar-refractivity contribution in [3.8, 4) is 0 Å². The molecular weight excluding hydrogens is 340 g/mol. The Hall–Kier alpha value is -1.15. The van der Waals surface area contributed by atoms with Crippen molar-refractivity contribution in [3.05, 3.63) is 29.3 Å². The molecule has 0 aromatic heterocycles. The SMILES string of the molecule is COC(=O)c1cc(C)ccc1S(=O)(=O)N1C[C@H]2CNC[C@H]2C1.Cl. The second-order valence-electron chi connectivity index (χ2n) is 5.99. The van der Waals surface area contributed by atoms with Crippen LogP contribution in [0.4, 0.5) is 0 Å². The van der Waals surface area contributed by atoms with Crippen molar-refractivity contribution in [1.82, 2.24) is 9.62 Å². The van der Waals surface area contributed by atoms with Crippen LogP contribution >= 0.6 is 12.4 Å². The predicted molar refractivity (Wildman–Crippen MR) is 88.4 cm³/mol. The van der Waals surface area contributed by atoms with Gasteiger partial charge in [0, 0.05) is 13.1 Å². The fourth-order valence-electron chi connectivity index (χ4n) is 3.29. The Balaban J connectivity index is 0.00000192. The lowest BCUT2D eigenvalue weighted by Gasteiger charge is -2.19. The summed E-state index contributed by atoms with van der Waals surface area (Å²) in [5.74, 6) is 0.104. The van der Waals surface area contributed by atoms with E-state index in [4.69, 9.17) is 4.74 Å². The molecule has 2 saturated heterocycles. The molecule has 0 aliphatic carbocycles. The van der Waals surface area contributed by atoms with Gasteiger partial charge in [-0.05, 0) is 44.0 Å². The number of carbonyl (C=O) groups excluding carboxylic acids is 1. The van der Waals surface area contributed by atoms with Gasteiger partial charge in [0.15, 0.2) is 0 Å². The molecule has 2 aliphatic rings. The lowest BCUT2D eigenvalue weighted by Crippen LogP contribution is -2.33. The van der Waals surface area contributed by atoms with E-state index in [1.807, 2.05) is 6.92 Å². The van der Waals surface area contributed by atoms with Gasteiger partial charge in [0.1, 0.15) is 0 Å². The quantitative estimate of drug-likeness (QED) is 0.815. The van der Waals surface area contributed by atoms with Crippen molar-refractivity contribution < 1.29 is 17.9 Å². The van der Waals surface area contributed by atoms with E-state index in [1.165, 1.54) is 17.5 Å². The van der Waals surface area contributed by atoms with Crippen LogP contribution in [0.25, 0.3) is 0 Å². The summed E-state index contributed by atoms with van der Waals surface area (Å²) in [5, 5.41) is 3.29. The summed E-state index contributed by atoms with van der Waals surface area (Å²) in [5.41, 5.74) is 0.930. The number of benzene rings is 1. The van der Waals surface area contributed by atoms with E-state index in [0.717, 1.165) is 18.7 Å². The van der Waals surface area contributed by atoms with E-state index in [1.54, 1.807) is 12.1 Å². The van der Waals surface area contributed by atoms with Crippen LogP contribution in [0.1, 0.15) is 15.9 Å². The van der Waals surface area contributed by atoms with Crippen LogP contribution in [0.3, 0.4) is 0 Å². The van der Waals surface area contributed by atoms with Crippen molar-refractivity contribution in [3.63, 3.8) is 0 Å². The fraction of sp³-hybridized carbons (Fsp3) is 0.533. The number of nitrogens with zero attached hydrogens (tertiary/aromatic N) is 1. The number of carbonyl (C=O) groups is 1. The molecule has 6 nitrogen and oxygen atoms in total. The molecule has 0 amide bonds. The number of rotatable bonds is 3. The first-order chi connectivity index (χ1) is 10.4. The minimum absolute atomic E-state index is 0. The highest BCUT2D eigenvalue weighted by Crippen LogP contribution is 2.32. The lowest BCUT2D eigenvalue weighted by molar-refractivity contribution is 0.0596. The average Bonchev–Trinajstić information content (AvgIpc) is 3.07. The minimum atomic E-state index is -3.68. The van der Waals surface area contributed by atoms with Crippen LogP contribution in [0.5, 0.6) is 0 Å². The first-order valence-corrected chi connectivity index (χ1v) is 8.77. The molecule has 2 atom stereocenters. The van der Waals surface area contributed by atoms with Crippen molar-refractivity contribution in [1.29, 1.82) is 0 Å². The van der Waals surface area contributed by atoms with Crippen LogP contribution in [0.15, 0.2) is 23.1 Å². The summed E-state index contributed by atoms with van der Waals surface area (Å²) >= 11 is 0. The Bertz CT molecular complexity index is 695. The lowest BCUT2D eigenvalue weighted by atomic mass is 10.0. The summed E-state index contributed by atoms with van der Waals surface area (Å²) in [6.45, 7) is 4.54. The van der Waals surface area contributed by atoms with Crippen LogP contribution in [0.2, 0.25) is 0 Å².